The Morgan fingerprint density at radius 1 is 0.951 bits per heavy atom. The number of carbonyl (C=O) groups excluding carboxylic acids is 2. The van der Waals surface area contributed by atoms with Crippen LogP contribution in [-0.4, -0.2) is 37.3 Å². The van der Waals surface area contributed by atoms with Gasteiger partial charge in [-0.05, 0) is 80.4 Å². The third-order valence-electron chi connectivity index (χ3n) is 9.06. The van der Waals surface area contributed by atoms with Crippen molar-refractivity contribution in [3.05, 3.63) is 66.0 Å². The van der Waals surface area contributed by atoms with Crippen LogP contribution in [0.5, 0.6) is 0 Å². The molecule has 2 amide bonds. The fraction of sp³-hybridized carbons (Fsp3) is 0.452. The van der Waals surface area contributed by atoms with E-state index in [0.717, 1.165) is 59.5 Å². The number of fused-ring (bicyclic) bond motifs is 1. The molecule has 4 fully saturated rings. The SMILES string of the molecule is O=C(CSc1nnc(CNC(=O)C23CC4CC(CC(C4)C2)C3)n1CCc1ccccc1)Nc1nc2ccccc2s1. The zero-order chi connectivity index (χ0) is 27.8. The number of thiazole rings is 1. The minimum absolute atomic E-state index is 0.136. The third kappa shape index (κ3) is 5.64. The number of hydrogen-bond acceptors (Lipinski definition) is 7. The Balaban J connectivity index is 1.03. The molecule has 0 radical (unpaired) electrons. The summed E-state index contributed by atoms with van der Waals surface area (Å²) in [7, 11) is 0. The molecule has 2 heterocycles. The molecule has 2 N–H and O–H groups in total. The van der Waals surface area contributed by atoms with Crippen molar-refractivity contribution in [2.24, 2.45) is 23.2 Å². The van der Waals surface area contributed by atoms with E-state index in [2.05, 4.69) is 42.5 Å². The molecule has 2 aromatic heterocycles. The predicted octanol–water partition coefficient (Wildman–Crippen LogP) is 5.69. The molecule has 0 atom stereocenters. The van der Waals surface area contributed by atoms with Crippen LogP contribution < -0.4 is 10.6 Å². The van der Waals surface area contributed by atoms with E-state index in [-0.39, 0.29) is 23.0 Å². The van der Waals surface area contributed by atoms with Crippen LogP contribution in [0.15, 0.2) is 59.8 Å². The smallest absolute Gasteiger partial charge is 0.236 e. The Morgan fingerprint density at radius 2 is 1.66 bits per heavy atom. The van der Waals surface area contributed by atoms with Crippen LogP contribution in [0, 0.1) is 23.2 Å². The number of rotatable bonds is 10. The van der Waals surface area contributed by atoms with Crippen molar-refractivity contribution in [2.75, 3.05) is 11.1 Å². The first-order valence-electron chi connectivity index (χ1n) is 14.6. The molecule has 0 saturated heterocycles. The van der Waals surface area contributed by atoms with Gasteiger partial charge in [0.2, 0.25) is 11.8 Å². The Kier molecular flexibility index (Phi) is 7.28. The lowest BCUT2D eigenvalue weighted by atomic mass is 9.49. The average molecular weight is 587 g/mol. The highest BCUT2D eigenvalue weighted by molar-refractivity contribution is 7.99. The second-order valence-electron chi connectivity index (χ2n) is 12.0. The summed E-state index contributed by atoms with van der Waals surface area (Å²) >= 11 is 2.82. The molecular formula is C31H34N6O2S2. The quantitative estimate of drug-likeness (QED) is 0.232. The van der Waals surface area contributed by atoms with E-state index in [0.29, 0.717) is 23.4 Å². The van der Waals surface area contributed by atoms with Crippen LogP contribution in [0.25, 0.3) is 10.2 Å². The second-order valence-corrected chi connectivity index (χ2v) is 14.0. The van der Waals surface area contributed by atoms with E-state index < -0.39 is 0 Å². The number of anilines is 1. The highest BCUT2D eigenvalue weighted by atomic mass is 32.2. The summed E-state index contributed by atoms with van der Waals surface area (Å²) in [6, 6.07) is 18.1. The molecule has 8 rings (SSSR count). The van der Waals surface area contributed by atoms with Gasteiger partial charge in [-0.1, -0.05) is 65.6 Å². The van der Waals surface area contributed by atoms with Gasteiger partial charge >= 0.3 is 0 Å². The van der Waals surface area contributed by atoms with Crippen LogP contribution in [0.4, 0.5) is 5.13 Å². The van der Waals surface area contributed by atoms with Crippen molar-refractivity contribution in [2.45, 2.75) is 63.2 Å². The first kappa shape index (κ1) is 26.6. The summed E-state index contributed by atoms with van der Waals surface area (Å²) < 4.78 is 3.10. The maximum atomic E-state index is 13.6. The molecule has 4 bridgehead atoms. The molecule has 10 heteroatoms. The van der Waals surface area contributed by atoms with Crippen molar-refractivity contribution < 1.29 is 9.59 Å². The fourth-order valence-corrected chi connectivity index (χ4v) is 9.28. The summed E-state index contributed by atoms with van der Waals surface area (Å²) in [4.78, 5) is 30.9. The minimum atomic E-state index is -0.195. The lowest BCUT2D eigenvalue weighted by molar-refractivity contribution is -0.146. The van der Waals surface area contributed by atoms with Gasteiger partial charge in [-0.3, -0.25) is 9.59 Å². The van der Waals surface area contributed by atoms with Crippen LogP contribution in [-0.2, 0) is 29.1 Å². The van der Waals surface area contributed by atoms with E-state index in [9.17, 15) is 9.59 Å². The summed E-state index contributed by atoms with van der Waals surface area (Å²) in [5.41, 5.74) is 1.90. The van der Waals surface area contributed by atoms with E-state index >= 15 is 0 Å². The second kappa shape index (κ2) is 11.2. The number of aromatic nitrogens is 4. The zero-order valence-corrected chi connectivity index (χ0v) is 24.6. The Bertz CT molecular complexity index is 1500. The molecule has 212 valence electrons. The highest BCUT2D eigenvalue weighted by Crippen LogP contribution is 2.60. The standard InChI is InChI=1S/C31H34N6O2S2/c38-27(34-29-33-24-8-4-5-9-25(24)41-29)19-40-30-36-35-26(37(30)11-10-20-6-2-1-3-7-20)18-32-28(39)31-15-21-12-22(16-31)14-23(13-21)17-31/h1-9,21-23H,10-19H2,(H,32,39)(H,33,34,38). The summed E-state index contributed by atoms with van der Waals surface area (Å²) in [5.74, 6) is 3.14. The first-order chi connectivity index (χ1) is 20.0. The predicted molar refractivity (Wildman–Crippen MR) is 162 cm³/mol. The minimum Gasteiger partial charge on any atom is -0.348 e. The lowest BCUT2D eigenvalue weighted by Crippen LogP contribution is -2.53. The van der Waals surface area contributed by atoms with Crippen LogP contribution in [0.3, 0.4) is 0 Å². The van der Waals surface area contributed by atoms with Gasteiger partial charge < -0.3 is 15.2 Å². The average Bonchev–Trinajstić information content (AvgIpc) is 3.56. The number of para-hydroxylation sites is 1. The Hall–Kier alpha value is -3.24. The maximum absolute atomic E-state index is 13.6. The van der Waals surface area contributed by atoms with Gasteiger partial charge in [0.25, 0.3) is 0 Å². The molecular weight excluding hydrogens is 553 g/mol. The molecule has 8 nitrogen and oxygen atoms in total. The van der Waals surface area contributed by atoms with E-state index in [1.165, 1.54) is 47.9 Å². The van der Waals surface area contributed by atoms with Crippen molar-refractivity contribution in [3.63, 3.8) is 0 Å². The third-order valence-corrected chi connectivity index (χ3v) is 11.0. The Labute approximate surface area is 247 Å². The van der Waals surface area contributed by atoms with E-state index in [1.807, 2.05) is 42.5 Å². The number of nitrogens with one attached hydrogen (secondary N) is 2. The fourth-order valence-electron chi connectivity index (χ4n) is 7.61. The molecule has 0 unspecified atom stereocenters. The number of benzene rings is 2. The van der Waals surface area contributed by atoms with Crippen molar-refractivity contribution >= 4 is 50.3 Å². The first-order valence-corrected chi connectivity index (χ1v) is 16.4. The largest absolute Gasteiger partial charge is 0.348 e. The number of thioether (sulfide) groups is 1. The molecule has 41 heavy (non-hydrogen) atoms. The van der Waals surface area contributed by atoms with E-state index in [4.69, 9.17) is 0 Å². The van der Waals surface area contributed by atoms with Crippen LogP contribution in [0.2, 0.25) is 0 Å². The molecule has 4 saturated carbocycles. The highest BCUT2D eigenvalue weighted by Gasteiger charge is 2.54. The summed E-state index contributed by atoms with van der Waals surface area (Å²) in [6.07, 6.45) is 7.86. The van der Waals surface area contributed by atoms with Gasteiger partial charge in [0.05, 0.1) is 22.5 Å². The van der Waals surface area contributed by atoms with Crippen LogP contribution in [0.1, 0.15) is 49.9 Å². The number of hydrogen-bond donors (Lipinski definition) is 2. The van der Waals surface area contributed by atoms with Gasteiger partial charge in [0, 0.05) is 12.0 Å². The van der Waals surface area contributed by atoms with Gasteiger partial charge in [-0.25, -0.2) is 4.98 Å². The molecule has 4 aliphatic carbocycles. The van der Waals surface area contributed by atoms with Gasteiger partial charge in [0.1, 0.15) is 0 Å². The zero-order valence-electron chi connectivity index (χ0n) is 22.9. The monoisotopic (exact) mass is 586 g/mol. The number of nitrogens with zero attached hydrogens (tertiary/aromatic N) is 4. The molecule has 4 aliphatic rings. The van der Waals surface area contributed by atoms with Crippen molar-refractivity contribution in [1.82, 2.24) is 25.1 Å². The number of aryl methyl sites for hydroxylation is 1. The maximum Gasteiger partial charge on any atom is 0.236 e. The number of carbonyl (C=O) groups is 2. The van der Waals surface area contributed by atoms with E-state index in [1.54, 1.807) is 0 Å². The van der Waals surface area contributed by atoms with Gasteiger partial charge in [-0.15, -0.1) is 10.2 Å². The van der Waals surface area contributed by atoms with Crippen molar-refractivity contribution in [1.29, 1.82) is 0 Å². The molecule has 0 spiro atoms. The molecule has 0 aliphatic heterocycles. The topological polar surface area (TPSA) is 102 Å². The Morgan fingerprint density at radius 3 is 2.39 bits per heavy atom. The lowest BCUT2D eigenvalue weighted by Gasteiger charge is -2.55. The number of amides is 2. The molecule has 4 aromatic rings. The summed E-state index contributed by atoms with van der Waals surface area (Å²) in [6.45, 7) is 1.02. The summed E-state index contributed by atoms with van der Waals surface area (Å²) in [5, 5.41) is 16.4. The van der Waals surface area contributed by atoms with Crippen molar-refractivity contribution in [3.8, 4) is 0 Å². The van der Waals surface area contributed by atoms with Gasteiger partial charge in [0.15, 0.2) is 16.1 Å². The van der Waals surface area contributed by atoms with Gasteiger partial charge in [-0.2, -0.15) is 0 Å². The normalized spacial score (nSPS) is 24.5. The molecule has 2 aromatic carbocycles. The van der Waals surface area contributed by atoms with Crippen LogP contribution >= 0.6 is 23.1 Å².